The van der Waals surface area contributed by atoms with Crippen LogP contribution in [0.5, 0.6) is 5.75 Å². The second kappa shape index (κ2) is 6.99. The van der Waals surface area contributed by atoms with Gasteiger partial charge in [-0.1, -0.05) is 0 Å². The molecule has 1 heterocycles. The molecule has 9 nitrogen and oxygen atoms in total. The number of nitro groups is 1. The van der Waals surface area contributed by atoms with E-state index in [1.54, 1.807) is 0 Å². The van der Waals surface area contributed by atoms with Crippen molar-refractivity contribution in [2.75, 3.05) is 0 Å². The Kier molecular flexibility index (Phi) is 4.94. The first kappa shape index (κ1) is 20.5. The second-order valence-electron chi connectivity index (χ2n) is 6.10. The van der Waals surface area contributed by atoms with Crippen LogP contribution in [0.1, 0.15) is 34.9 Å². The first-order chi connectivity index (χ1) is 13.4. The number of benzene rings is 1. The maximum absolute atomic E-state index is 13.0. The number of sulfone groups is 1. The number of carbonyl (C=O) groups is 1. The van der Waals surface area contributed by atoms with Crippen molar-refractivity contribution in [3.8, 4) is 5.75 Å². The molecule has 0 aliphatic heterocycles. The summed E-state index contributed by atoms with van der Waals surface area (Å²) in [6, 6.07) is 3.89. The van der Waals surface area contributed by atoms with Gasteiger partial charge >= 0.3 is 18.0 Å². The largest absolute Gasteiger partial charge is 0.573 e. The minimum Gasteiger partial charge on any atom is -0.476 e. The molecular weight excluding hydrogens is 421 g/mol. The van der Waals surface area contributed by atoms with E-state index in [9.17, 15) is 36.5 Å². The molecule has 0 radical (unpaired) electrons. The molecule has 1 aromatic heterocycles. The van der Waals surface area contributed by atoms with Crippen LogP contribution in [0, 0.1) is 10.1 Å². The van der Waals surface area contributed by atoms with Crippen molar-refractivity contribution in [2.45, 2.75) is 34.9 Å². The number of rotatable bonds is 6. The Morgan fingerprint density at radius 3 is 2.28 bits per heavy atom. The van der Waals surface area contributed by atoms with Crippen LogP contribution in [0.2, 0.25) is 0 Å². The molecule has 2 aromatic rings. The summed E-state index contributed by atoms with van der Waals surface area (Å²) in [6.07, 6.45) is -3.92. The molecule has 1 aliphatic carbocycles. The van der Waals surface area contributed by atoms with E-state index in [0.29, 0.717) is 18.9 Å². The number of hydrogen-bond acceptors (Lipinski definition) is 7. The minimum absolute atomic E-state index is 0.122. The van der Waals surface area contributed by atoms with Gasteiger partial charge in [-0.15, -0.1) is 13.2 Å². The molecule has 0 atom stereocenters. The molecule has 1 saturated carbocycles. The summed E-state index contributed by atoms with van der Waals surface area (Å²) in [5, 5.41) is 20.4. The molecule has 0 amide bonds. The minimum atomic E-state index is -4.96. The Balaban J connectivity index is 2.12. The number of ether oxygens (including phenoxy) is 1. The van der Waals surface area contributed by atoms with Crippen molar-refractivity contribution in [1.29, 1.82) is 0 Å². The quantitative estimate of drug-likeness (QED) is 0.542. The van der Waals surface area contributed by atoms with Crippen LogP contribution in [-0.4, -0.2) is 35.8 Å². The van der Waals surface area contributed by atoms with Gasteiger partial charge in [0, 0.05) is 12.0 Å². The van der Waals surface area contributed by atoms with Crippen molar-refractivity contribution in [3.63, 3.8) is 0 Å². The Morgan fingerprint density at radius 2 is 1.83 bits per heavy atom. The summed E-state index contributed by atoms with van der Waals surface area (Å²) in [6.45, 7) is 0. The average molecular weight is 432 g/mol. The van der Waals surface area contributed by atoms with Crippen molar-refractivity contribution < 1.29 is 41.2 Å². The molecule has 154 valence electrons. The lowest BCUT2D eigenvalue weighted by Crippen LogP contribution is -2.17. The maximum Gasteiger partial charge on any atom is 0.573 e. The van der Waals surface area contributed by atoms with E-state index in [4.69, 9.17) is 5.11 Å². The van der Waals surface area contributed by atoms with Crippen molar-refractivity contribution in [1.82, 2.24) is 4.98 Å². The molecule has 0 unspecified atom stereocenters. The zero-order valence-corrected chi connectivity index (χ0v) is 15.0. The van der Waals surface area contributed by atoms with Gasteiger partial charge in [0.25, 0.3) is 0 Å². The predicted octanol–water partition coefficient (Wildman–Crippen LogP) is 3.30. The van der Waals surface area contributed by atoms with Crippen LogP contribution in [0.3, 0.4) is 0 Å². The lowest BCUT2D eigenvalue weighted by Gasteiger charge is -2.12. The van der Waals surface area contributed by atoms with Gasteiger partial charge in [0.05, 0.1) is 15.5 Å². The highest BCUT2D eigenvalue weighted by Gasteiger charge is 2.37. The summed E-state index contributed by atoms with van der Waals surface area (Å²) in [5.41, 5.74) is -2.01. The SMILES string of the molecule is O=C(O)c1nc(C2CC2)c(S(=O)(=O)c2ccc(OC(F)(F)F)cc2)cc1[N+](=O)[O-]. The van der Waals surface area contributed by atoms with E-state index in [0.717, 1.165) is 24.3 Å². The Labute approximate surface area is 160 Å². The number of aromatic carboxylic acids is 1. The van der Waals surface area contributed by atoms with Gasteiger partial charge in [0.15, 0.2) is 0 Å². The van der Waals surface area contributed by atoms with Crippen LogP contribution < -0.4 is 4.74 Å². The van der Waals surface area contributed by atoms with Gasteiger partial charge in [-0.3, -0.25) is 10.1 Å². The molecule has 1 fully saturated rings. The fourth-order valence-electron chi connectivity index (χ4n) is 2.61. The average Bonchev–Trinajstić information content (AvgIpc) is 3.44. The standard InChI is InChI=1S/C16H11F3N2O7S/c17-16(18,19)28-9-3-5-10(6-4-9)29(26,27)12-7-11(21(24)25)14(15(22)23)20-13(12)8-1-2-8/h3-8H,1-2H2,(H,22,23). The molecule has 13 heteroatoms. The van der Waals surface area contributed by atoms with Gasteiger partial charge in [0.1, 0.15) is 10.6 Å². The summed E-state index contributed by atoms with van der Waals surface area (Å²) in [4.78, 5) is 24.1. The van der Waals surface area contributed by atoms with Gasteiger partial charge in [-0.2, -0.15) is 0 Å². The highest BCUT2D eigenvalue weighted by molar-refractivity contribution is 7.91. The number of hydrogen-bond donors (Lipinski definition) is 1. The predicted molar refractivity (Wildman–Crippen MR) is 88.4 cm³/mol. The molecule has 1 N–H and O–H groups in total. The van der Waals surface area contributed by atoms with Crippen LogP contribution in [-0.2, 0) is 9.84 Å². The highest BCUT2D eigenvalue weighted by atomic mass is 32.2. The van der Waals surface area contributed by atoms with Crippen LogP contribution >= 0.6 is 0 Å². The number of carboxylic acids is 1. The van der Waals surface area contributed by atoms with E-state index < -0.39 is 54.0 Å². The lowest BCUT2D eigenvalue weighted by atomic mass is 10.2. The molecule has 0 bridgehead atoms. The molecule has 1 aromatic carbocycles. The first-order valence-corrected chi connectivity index (χ1v) is 9.42. The monoisotopic (exact) mass is 432 g/mol. The Bertz CT molecular complexity index is 1090. The van der Waals surface area contributed by atoms with Gasteiger partial charge in [-0.05, 0) is 37.1 Å². The Morgan fingerprint density at radius 1 is 1.24 bits per heavy atom. The van der Waals surface area contributed by atoms with E-state index in [1.807, 2.05) is 0 Å². The topological polar surface area (TPSA) is 137 Å². The van der Waals surface area contributed by atoms with Crippen molar-refractivity contribution in [3.05, 3.63) is 51.8 Å². The molecular formula is C16H11F3N2O7S. The van der Waals surface area contributed by atoms with Gasteiger partial charge in [0.2, 0.25) is 15.5 Å². The fraction of sp³-hybridized carbons (Fsp3) is 0.250. The third-order valence-corrected chi connectivity index (χ3v) is 5.81. The number of aromatic nitrogens is 1. The van der Waals surface area contributed by atoms with Crippen LogP contribution in [0.15, 0.2) is 40.1 Å². The number of pyridine rings is 1. The van der Waals surface area contributed by atoms with Crippen LogP contribution in [0.25, 0.3) is 0 Å². The number of nitrogens with zero attached hydrogens (tertiary/aromatic N) is 2. The molecule has 0 saturated heterocycles. The maximum atomic E-state index is 13.0. The van der Waals surface area contributed by atoms with Gasteiger partial charge < -0.3 is 9.84 Å². The third-order valence-electron chi connectivity index (χ3n) is 4.02. The Hall–Kier alpha value is -3.22. The van der Waals surface area contributed by atoms with Crippen molar-refractivity contribution >= 4 is 21.5 Å². The third kappa shape index (κ3) is 4.29. The zero-order valence-electron chi connectivity index (χ0n) is 14.2. The summed E-state index contributed by atoms with van der Waals surface area (Å²) in [7, 11) is -4.43. The normalized spacial score (nSPS) is 14.4. The van der Waals surface area contributed by atoms with Crippen molar-refractivity contribution in [2.24, 2.45) is 0 Å². The lowest BCUT2D eigenvalue weighted by molar-refractivity contribution is -0.385. The van der Waals surface area contributed by atoms with E-state index in [-0.39, 0.29) is 11.6 Å². The summed E-state index contributed by atoms with van der Waals surface area (Å²) in [5.74, 6) is -2.72. The van der Waals surface area contributed by atoms with Crippen LogP contribution in [0.4, 0.5) is 18.9 Å². The number of halogens is 3. The highest BCUT2D eigenvalue weighted by Crippen LogP contribution is 2.44. The molecule has 1 aliphatic rings. The number of alkyl halides is 3. The summed E-state index contributed by atoms with van der Waals surface area (Å²) < 4.78 is 66.4. The molecule has 0 spiro atoms. The van der Waals surface area contributed by atoms with E-state index >= 15 is 0 Å². The van der Waals surface area contributed by atoms with Gasteiger partial charge in [-0.25, -0.2) is 18.2 Å². The van der Waals surface area contributed by atoms with E-state index in [2.05, 4.69) is 9.72 Å². The second-order valence-corrected chi connectivity index (χ2v) is 8.02. The molecule has 3 rings (SSSR count). The number of carboxylic acid groups (broad SMARTS) is 1. The smallest absolute Gasteiger partial charge is 0.476 e. The fourth-order valence-corrected chi connectivity index (χ4v) is 4.11. The van der Waals surface area contributed by atoms with E-state index in [1.165, 1.54) is 0 Å². The summed E-state index contributed by atoms with van der Waals surface area (Å²) >= 11 is 0. The molecule has 29 heavy (non-hydrogen) atoms. The zero-order chi connectivity index (χ0) is 21.6. The first-order valence-electron chi connectivity index (χ1n) is 7.93.